The number of nitrogens with zero attached hydrogens (tertiary/aromatic N) is 3. The van der Waals surface area contributed by atoms with E-state index in [1.54, 1.807) is 11.0 Å². The number of sulfonamides is 1. The molecule has 0 saturated carbocycles. The highest BCUT2D eigenvalue weighted by Gasteiger charge is 2.24. The van der Waals surface area contributed by atoms with E-state index in [0.717, 1.165) is 30.2 Å². The van der Waals surface area contributed by atoms with E-state index in [1.165, 1.54) is 18.2 Å². The lowest BCUT2D eigenvalue weighted by Gasteiger charge is -2.34. The van der Waals surface area contributed by atoms with Crippen LogP contribution in [0.4, 0.5) is 10.1 Å². The van der Waals surface area contributed by atoms with Gasteiger partial charge in [-0.05, 0) is 18.7 Å². The molecule has 2 rings (SSSR count). The van der Waals surface area contributed by atoms with Crippen molar-refractivity contribution in [3.05, 3.63) is 30.1 Å². The fourth-order valence-electron chi connectivity index (χ4n) is 2.79. The second-order valence-electron chi connectivity index (χ2n) is 5.85. The number of carbonyl (C=O) groups excluding carboxylic acids is 1. The standard InChI is InChI=1S/C16H24FN3O3S/c1-3-18-10-12-19(13-11-18)16(21)8-9-20(24(2,22)23)15-7-5-4-6-14(15)17/h4-7H,3,8-13H2,1-2H3. The van der Waals surface area contributed by atoms with Crippen molar-refractivity contribution < 1.29 is 17.6 Å². The molecule has 1 heterocycles. The van der Waals surface area contributed by atoms with E-state index in [1.807, 2.05) is 0 Å². The van der Waals surface area contributed by atoms with Gasteiger partial charge in [0.1, 0.15) is 5.82 Å². The highest BCUT2D eigenvalue weighted by atomic mass is 32.2. The van der Waals surface area contributed by atoms with Gasteiger partial charge in [-0.15, -0.1) is 0 Å². The molecule has 6 nitrogen and oxygen atoms in total. The van der Waals surface area contributed by atoms with Crippen LogP contribution in [0.1, 0.15) is 13.3 Å². The molecule has 1 aliphatic heterocycles. The minimum absolute atomic E-state index is 0.0244. The Kier molecular flexibility index (Phi) is 6.17. The van der Waals surface area contributed by atoms with Gasteiger partial charge in [-0.2, -0.15) is 0 Å². The van der Waals surface area contributed by atoms with Crippen molar-refractivity contribution in [1.82, 2.24) is 9.80 Å². The largest absolute Gasteiger partial charge is 0.340 e. The van der Waals surface area contributed by atoms with Crippen molar-refractivity contribution in [2.75, 3.05) is 49.8 Å². The molecule has 0 unspecified atom stereocenters. The van der Waals surface area contributed by atoms with Crippen LogP contribution in [0.15, 0.2) is 24.3 Å². The van der Waals surface area contributed by atoms with Crippen LogP contribution in [-0.4, -0.2) is 69.6 Å². The minimum atomic E-state index is -3.67. The third-order valence-electron chi connectivity index (χ3n) is 4.22. The Hall–Kier alpha value is -1.67. The average molecular weight is 357 g/mol. The molecule has 0 aromatic heterocycles. The molecule has 0 spiro atoms. The summed E-state index contributed by atoms with van der Waals surface area (Å²) in [5, 5.41) is 0. The van der Waals surface area contributed by atoms with E-state index in [9.17, 15) is 17.6 Å². The van der Waals surface area contributed by atoms with Gasteiger partial charge in [0.05, 0.1) is 11.9 Å². The molecule has 0 aliphatic carbocycles. The van der Waals surface area contributed by atoms with Crippen molar-refractivity contribution in [2.24, 2.45) is 0 Å². The lowest BCUT2D eigenvalue weighted by atomic mass is 10.2. The highest BCUT2D eigenvalue weighted by Crippen LogP contribution is 2.21. The van der Waals surface area contributed by atoms with Gasteiger partial charge in [-0.3, -0.25) is 9.10 Å². The van der Waals surface area contributed by atoms with Crippen LogP contribution in [0.25, 0.3) is 0 Å². The van der Waals surface area contributed by atoms with E-state index < -0.39 is 15.8 Å². The van der Waals surface area contributed by atoms with Crippen molar-refractivity contribution in [1.29, 1.82) is 0 Å². The van der Waals surface area contributed by atoms with E-state index in [2.05, 4.69) is 11.8 Å². The van der Waals surface area contributed by atoms with Crippen LogP contribution >= 0.6 is 0 Å². The predicted octanol–water partition coefficient (Wildman–Crippen LogP) is 1.15. The zero-order valence-corrected chi connectivity index (χ0v) is 14.9. The summed E-state index contributed by atoms with van der Waals surface area (Å²) in [6.45, 7) is 5.91. The number of para-hydroxylation sites is 1. The smallest absolute Gasteiger partial charge is 0.232 e. The van der Waals surface area contributed by atoms with Gasteiger partial charge in [0.15, 0.2) is 0 Å². The van der Waals surface area contributed by atoms with Crippen molar-refractivity contribution in [3.63, 3.8) is 0 Å². The van der Waals surface area contributed by atoms with Gasteiger partial charge in [-0.25, -0.2) is 12.8 Å². The summed E-state index contributed by atoms with van der Waals surface area (Å²) in [4.78, 5) is 16.3. The summed E-state index contributed by atoms with van der Waals surface area (Å²) in [6, 6.07) is 5.68. The molecular formula is C16H24FN3O3S. The fraction of sp³-hybridized carbons (Fsp3) is 0.562. The lowest BCUT2D eigenvalue weighted by Crippen LogP contribution is -2.49. The van der Waals surface area contributed by atoms with Gasteiger partial charge in [0.25, 0.3) is 0 Å². The topological polar surface area (TPSA) is 60.9 Å². The number of likely N-dealkylation sites (N-methyl/N-ethyl adjacent to an activating group) is 1. The molecule has 1 fully saturated rings. The second-order valence-corrected chi connectivity index (χ2v) is 7.76. The summed E-state index contributed by atoms with van der Waals surface area (Å²) in [5.74, 6) is -0.720. The Morgan fingerprint density at radius 1 is 1.21 bits per heavy atom. The Bertz CT molecular complexity index is 673. The summed E-state index contributed by atoms with van der Waals surface area (Å²) < 4.78 is 38.8. The molecule has 24 heavy (non-hydrogen) atoms. The number of halogens is 1. The molecule has 1 saturated heterocycles. The first-order chi connectivity index (χ1) is 11.3. The number of amides is 1. The summed E-state index contributed by atoms with van der Waals surface area (Å²) in [5.41, 5.74) is -0.0244. The molecule has 0 radical (unpaired) electrons. The zero-order valence-electron chi connectivity index (χ0n) is 14.1. The molecule has 1 aromatic rings. The van der Waals surface area contributed by atoms with Crippen LogP contribution in [0, 0.1) is 5.82 Å². The monoisotopic (exact) mass is 357 g/mol. The Balaban J connectivity index is 2.02. The molecular weight excluding hydrogens is 333 g/mol. The summed E-state index contributed by atoms with van der Waals surface area (Å²) in [6.07, 6.45) is 1.05. The van der Waals surface area contributed by atoms with Gasteiger partial charge < -0.3 is 9.80 Å². The van der Waals surface area contributed by atoms with Crippen LogP contribution in [0.5, 0.6) is 0 Å². The SMILES string of the molecule is CCN1CCN(C(=O)CCN(c2ccccc2F)S(C)(=O)=O)CC1. The van der Waals surface area contributed by atoms with Crippen LogP contribution in [0.2, 0.25) is 0 Å². The number of rotatable bonds is 6. The first kappa shape index (κ1) is 18.7. The normalized spacial score (nSPS) is 16.2. The molecule has 0 N–H and O–H groups in total. The first-order valence-electron chi connectivity index (χ1n) is 8.05. The van der Waals surface area contributed by atoms with Crippen molar-refractivity contribution in [2.45, 2.75) is 13.3 Å². The van der Waals surface area contributed by atoms with Gasteiger partial charge in [0.2, 0.25) is 15.9 Å². The maximum atomic E-state index is 13.9. The van der Waals surface area contributed by atoms with E-state index in [4.69, 9.17) is 0 Å². The van der Waals surface area contributed by atoms with Crippen molar-refractivity contribution in [3.8, 4) is 0 Å². The minimum Gasteiger partial charge on any atom is -0.340 e. The molecule has 1 aliphatic rings. The second kappa shape index (κ2) is 7.94. The van der Waals surface area contributed by atoms with Crippen LogP contribution in [-0.2, 0) is 14.8 Å². The molecule has 134 valence electrons. The van der Waals surface area contributed by atoms with E-state index >= 15 is 0 Å². The van der Waals surface area contributed by atoms with E-state index in [0.29, 0.717) is 13.1 Å². The van der Waals surface area contributed by atoms with Crippen LogP contribution in [0.3, 0.4) is 0 Å². The Morgan fingerprint density at radius 3 is 2.38 bits per heavy atom. The van der Waals surface area contributed by atoms with Gasteiger partial charge in [-0.1, -0.05) is 19.1 Å². The molecule has 0 bridgehead atoms. The number of carbonyl (C=O) groups is 1. The maximum Gasteiger partial charge on any atom is 0.232 e. The average Bonchev–Trinajstić information content (AvgIpc) is 2.55. The number of hydrogen-bond donors (Lipinski definition) is 0. The van der Waals surface area contributed by atoms with Crippen molar-refractivity contribution >= 4 is 21.6 Å². The Morgan fingerprint density at radius 2 is 1.83 bits per heavy atom. The molecule has 1 amide bonds. The summed E-state index contributed by atoms with van der Waals surface area (Å²) >= 11 is 0. The molecule has 8 heteroatoms. The van der Waals surface area contributed by atoms with Gasteiger partial charge in [0, 0.05) is 39.1 Å². The summed E-state index contributed by atoms with van der Waals surface area (Å²) in [7, 11) is -3.67. The number of piperazine rings is 1. The Labute approximate surface area is 142 Å². The lowest BCUT2D eigenvalue weighted by molar-refractivity contribution is -0.132. The molecule has 1 aromatic carbocycles. The third-order valence-corrected chi connectivity index (χ3v) is 5.40. The maximum absolute atomic E-state index is 13.9. The number of hydrogen-bond acceptors (Lipinski definition) is 4. The highest BCUT2D eigenvalue weighted by molar-refractivity contribution is 7.92. The van der Waals surface area contributed by atoms with Gasteiger partial charge >= 0.3 is 0 Å². The first-order valence-corrected chi connectivity index (χ1v) is 9.90. The van der Waals surface area contributed by atoms with Crippen LogP contribution < -0.4 is 4.31 Å². The van der Waals surface area contributed by atoms with E-state index in [-0.39, 0.29) is 24.6 Å². The zero-order chi connectivity index (χ0) is 17.7. The number of anilines is 1. The predicted molar refractivity (Wildman–Crippen MR) is 91.9 cm³/mol. The number of benzene rings is 1. The fourth-order valence-corrected chi connectivity index (χ4v) is 3.72. The third kappa shape index (κ3) is 4.67. The molecule has 0 atom stereocenters. The quantitative estimate of drug-likeness (QED) is 0.766.